The van der Waals surface area contributed by atoms with Crippen LogP contribution < -0.4 is 9.47 Å². The van der Waals surface area contributed by atoms with Crippen LogP contribution in [0.15, 0.2) is 77.3 Å². The van der Waals surface area contributed by atoms with Crippen molar-refractivity contribution in [3.8, 4) is 33.9 Å². The summed E-state index contributed by atoms with van der Waals surface area (Å²) in [7, 11) is 0. The molecule has 1 N–H and O–H groups in total. The Labute approximate surface area is 154 Å². The Morgan fingerprint density at radius 3 is 2.44 bits per heavy atom. The third-order valence-electron chi connectivity index (χ3n) is 5.08. The maximum Gasteiger partial charge on any atom is 0.231 e. The summed E-state index contributed by atoms with van der Waals surface area (Å²) in [6, 6.07) is 22.4. The second kappa shape index (κ2) is 5.42. The fraction of sp³-hybridized carbons (Fsp3) is 0.0435. The summed E-state index contributed by atoms with van der Waals surface area (Å²) >= 11 is 0. The molecule has 4 heteroatoms. The van der Waals surface area contributed by atoms with E-state index in [0.29, 0.717) is 0 Å². The van der Waals surface area contributed by atoms with E-state index in [2.05, 4.69) is 35.3 Å². The molecule has 27 heavy (non-hydrogen) atoms. The van der Waals surface area contributed by atoms with Crippen LogP contribution in [0.5, 0.6) is 11.5 Å². The highest BCUT2D eigenvalue weighted by Gasteiger charge is 2.24. The minimum Gasteiger partial charge on any atom is -0.455 e. The predicted octanol–water partition coefficient (Wildman–Crippen LogP) is 5.98. The van der Waals surface area contributed by atoms with E-state index in [9.17, 15) is 0 Å². The highest BCUT2D eigenvalue weighted by atomic mass is 16.7. The fourth-order valence-corrected chi connectivity index (χ4v) is 3.82. The minimum absolute atomic E-state index is 0.246. The van der Waals surface area contributed by atoms with Gasteiger partial charge in [0.2, 0.25) is 6.79 Å². The van der Waals surface area contributed by atoms with Gasteiger partial charge in [-0.15, -0.1) is 0 Å². The molecule has 0 saturated carbocycles. The average molecular weight is 353 g/mol. The number of para-hydroxylation sites is 1. The summed E-state index contributed by atoms with van der Waals surface area (Å²) in [6.07, 6.45) is 2.05. The van der Waals surface area contributed by atoms with Crippen molar-refractivity contribution in [2.45, 2.75) is 0 Å². The number of ether oxygens (including phenoxy) is 2. The molecular formula is C23H15NO3. The maximum absolute atomic E-state index is 6.33. The minimum atomic E-state index is 0.246. The Hall–Kier alpha value is -3.66. The van der Waals surface area contributed by atoms with Gasteiger partial charge in [0.15, 0.2) is 11.5 Å². The maximum atomic E-state index is 6.33. The van der Waals surface area contributed by atoms with Crippen LogP contribution in [0.2, 0.25) is 0 Å². The number of hydrogen-bond acceptors (Lipinski definition) is 3. The van der Waals surface area contributed by atoms with Gasteiger partial charge in [-0.2, -0.15) is 0 Å². The zero-order chi connectivity index (χ0) is 17.8. The Balaban J connectivity index is 1.73. The number of aromatic amines is 1. The van der Waals surface area contributed by atoms with Gasteiger partial charge in [0.25, 0.3) is 0 Å². The molecule has 130 valence electrons. The molecular weight excluding hydrogens is 338 g/mol. The first-order valence-electron chi connectivity index (χ1n) is 8.86. The van der Waals surface area contributed by atoms with Gasteiger partial charge in [0.1, 0.15) is 11.3 Å². The van der Waals surface area contributed by atoms with Crippen LogP contribution in [0.3, 0.4) is 0 Å². The Morgan fingerprint density at radius 2 is 1.56 bits per heavy atom. The fourth-order valence-electron chi connectivity index (χ4n) is 3.82. The van der Waals surface area contributed by atoms with E-state index in [0.717, 1.165) is 55.8 Å². The molecule has 1 aliphatic rings. The molecule has 3 heterocycles. The molecule has 5 aromatic rings. The Bertz CT molecular complexity index is 1300. The van der Waals surface area contributed by atoms with E-state index >= 15 is 0 Å². The Morgan fingerprint density at radius 1 is 0.778 bits per heavy atom. The number of furan rings is 1. The van der Waals surface area contributed by atoms with Gasteiger partial charge < -0.3 is 18.9 Å². The molecule has 3 aromatic carbocycles. The summed E-state index contributed by atoms with van der Waals surface area (Å²) in [5.74, 6) is 2.32. The zero-order valence-electron chi connectivity index (χ0n) is 14.4. The van der Waals surface area contributed by atoms with Crippen molar-refractivity contribution in [2.24, 2.45) is 0 Å². The van der Waals surface area contributed by atoms with Crippen molar-refractivity contribution in [3.63, 3.8) is 0 Å². The van der Waals surface area contributed by atoms with Crippen molar-refractivity contribution < 1.29 is 13.9 Å². The van der Waals surface area contributed by atoms with Gasteiger partial charge >= 0.3 is 0 Å². The quantitative estimate of drug-likeness (QED) is 0.425. The van der Waals surface area contributed by atoms with Crippen LogP contribution in [0.4, 0.5) is 0 Å². The summed E-state index contributed by atoms with van der Waals surface area (Å²) in [5, 5.41) is 2.18. The largest absolute Gasteiger partial charge is 0.455 e. The standard InChI is InChI=1S/C23H15NO3/c1-2-6-14(7-3-1)23-22(17-12-24-18-9-5-4-8-15(17)18)16-10-20-21(26-13-25-20)11-19(16)27-23/h1-12,24H,13H2. The number of aromatic nitrogens is 1. The number of hydrogen-bond donors (Lipinski definition) is 1. The molecule has 0 bridgehead atoms. The van der Waals surface area contributed by atoms with Gasteiger partial charge in [-0.3, -0.25) is 0 Å². The lowest BCUT2D eigenvalue weighted by molar-refractivity contribution is 0.174. The van der Waals surface area contributed by atoms with E-state index in [1.807, 2.05) is 42.6 Å². The van der Waals surface area contributed by atoms with Crippen molar-refractivity contribution in [3.05, 3.63) is 72.9 Å². The molecule has 0 atom stereocenters. The first kappa shape index (κ1) is 14.5. The summed E-state index contributed by atoms with van der Waals surface area (Å²) in [6.45, 7) is 0.246. The highest BCUT2D eigenvalue weighted by Crippen LogP contribution is 2.47. The molecule has 1 aliphatic heterocycles. The van der Waals surface area contributed by atoms with Gasteiger partial charge in [0, 0.05) is 45.2 Å². The molecule has 6 rings (SSSR count). The van der Waals surface area contributed by atoms with Gasteiger partial charge in [0.05, 0.1) is 0 Å². The first-order chi connectivity index (χ1) is 13.4. The van der Waals surface area contributed by atoms with Crippen LogP contribution in [0.25, 0.3) is 44.3 Å². The van der Waals surface area contributed by atoms with E-state index < -0.39 is 0 Å². The lowest BCUT2D eigenvalue weighted by atomic mass is 9.98. The average Bonchev–Trinajstić information content (AvgIpc) is 3.42. The van der Waals surface area contributed by atoms with Gasteiger partial charge in [-0.1, -0.05) is 48.5 Å². The third-order valence-corrected chi connectivity index (χ3v) is 5.08. The van der Waals surface area contributed by atoms with Crippen molar-refractivity contribution in [2.75, 3.05) is 6.79 Å². The highest BCUT2D eigenvalue weighted by molar-refractivity contribution is 6.09. The van der Waals surface area contributed by atoms with Crippen LogP contribution in [-0.4, -0.2) is 11.8 Å². The first-order valence-corrected chi connectivity index (χ1v) is 8.86. The molecule has 0 radical (unpaired) electrons. The number of fused-ring (bicyclic) bond motifs is 3. The van der Waals surface area contributed by atoms with Crippen LogP contribution in [-0.2, 0) is 0 Å². The SMILES string of the molecule is c1ccc(-c2oc3cc4c(cc3c2-c2c[nH]c3ccccc23)OCO4)cc1. The van der Waals surface area contributed by atoms with E-state index in [4.69, 9.17) is 13.9 Å². The molecule has 4 nitrogen and oxygen atoms in total. The van der Waals surface area contributed by atoms with Crippen molar-refractivity contribution >= 4 is 21.9 Å². The van der Waals surface area contributed by atoms with Crippen LogP contribution in [0, 0.1) is 0 Å². The van der Waals surface area contributed by atoms with Crippen molar-refractivity contribution in [1.29, 1.82) is 0 Å². The van der Waals surface area contributed by atoms with Crippen LogP contribution >= 0.6 is 0 Å². The molecule has 0 aliphatic carbocycles. The summed E-state index contributed by atoms with van der Waals surface area (Å²) in [4.78, 5) is 3.37. The Kier molecular flexibility index (Phi) is 2.91. The molecule has 0 unspecified atom stereocenters. The van der Waals surface area contributed by atoms with Gasteiger partial charge in [-0.05, 0) is 12.1 Å². The molecule has 0 amide bonds. The summed E-state index contributed by atoms with van der Waals surface area (Å²) < 4.78 is 17.5. The monoisotopic (exact) mass is 353 g/mol. The molecule has 0 fully saturated rings. The lowest BCUT2D eigenvalue weighted by Crippen LogP contribution is -1.92. The van der Waals surface area contributed by atoms with E-state index in [-0.39, 0.29) is 6.79 Å². The molecule has 2 aromatic heterocycles. The van der Waals surface area contributed by atoms with E-state index in [1.54, 1.807) is 0 Å². The number of rotatable bonds is 2. The van der Waals surface area contributed by atoms with E-state index in [1.165, 1.54) is 0 Å². The zero-order valence-corrected chi connectivity index (χ0v) is 14.4. The second-order valence-corrected chi connectivity index (χ2v) is 6.62. The van der Waals surface area contributed by atoms with Crippen LogP contribution in [0.1, 0.15) is 0 Å². The van der Waals surface area contributed by atoms with Gasteiger partial charge in [-0.25, -0.2) is 0 Å². The second-order valence-electron chi connectivity index (χ2n) is 6.62. The number of nitrogens with one attached hydrogen (secondary N) is 1. The topological polar surface area (TPSA) is 47.4 Å². The number of benzene rings is 3. The summed E-state index contributed by atoms with van der Waals surface area (Å²) in [5.41, 5.74) is 5.10. The normalized spacial score (nSPS) is 12.9. The van der Waals surface area contributed by atoms with Crippen molar-refractivity contribution in [1.82, 2.24) is 4.98 Å². The lowest BCUT2D eigenvalue weighted by Gasteiger charge is -2.03. The third kappa shape index (κ3) is 2.10. The molecule has 0 saturated heterocycles. The molecule has 0 spiro atoms. The predicted molar refractivity (Wildman–Crippen MR) is 105 cm³/mol. The smallest absolute Gasteiger partial charge is 0.231 e. The number of H-pyrrole nitrogens is 1.